The molecule has 1 fully saturated rings. The lowest BCUT2D eigenvalue weighted by molar-refractivity contribution is -0.120. The molecule has 0 saturated carbocycles. The molecule has 1 saturated heterocycles. The predicted molar refractivity (Wildman–Crippen MR) is 58.5 cm³/mol. The van der Waals surface area contributed by atoms with Crippen LogP contribution in [-0.2, 0) is 4.74 Å². The smallest absolute Gasteiger partial charge is 0.141 e. The zero-order valence-electron chi connectivity index (χ0n) is 8.43. The second kappa shape index (κ2) is 4.10. The quantitative estimate of drug-likeness (QED) is 0.844. The highest BCUT2D eigenvalue weighted by Crippen LogP contribution is 2.28. The molecule has 0 spiro atoms. The number of benzene rings is 1. The summed E-state index contributed by atoms with van der Waals surface area (Å²) in [6, 6.07) is 4.77. The molecule has 1 heterocycles. The number of hydrogen-bond donors (Lipinski definition) is 0. The van der Waals surface area contributed by atoms with Crippen LogP contribution in [0.2, 0.25) is 0 Å². The van der Waals surface area contributed by atoms with Crippen molar-refractivity contribution in [3.63, 3.8) is 0 Å². The highest BCUT2D eigenvalue weighted by Gasteiger charge is 2.34. The average molecular weight is 275 g/mol. The number of ether oxygens (including phenoxy) is 2. The lowest BCUT2D eigenvalue weighted by Gasteiger charge is -2.37. The van der Waals surface area contributed by atoms with Crippen LogP contribution >= 0.6 is 15.9 Å². The molecule has 0 atom stereocenters. The Balaban J connectivity index is 1.96. The maximum Gasteiger partial charge on any atom is 0.141 e. The van der Waals surface area contributed by atoms with Gasteiger partial charge in [-0.3, -0.25) is 0 Å². The normalized spacial score (nSPS) is 18.3. The van der Waals surface area contributed by atoms with E-state index in [0.717, 1.165) is 0 Å². The van der Waals surface area contributed by atoms with Gasteiger partial charge in [-0.1, -0.05) is 6.92 Å². The molecule has 0 aliphatic carbocycles. The van der Waals surface area contributed by atoms with Gasteiger partial charge in [0.2, 0.25) is 0 Å². The summed E-state index contributed by atoms with van der Waals surface area (Å²) in [6.45, 7) is 4.08. The van der Waals surface area contributed by atoms with Gasteiger partial charge in [0.25, 0.3) is 0 Å². The average Bonchev–Trinajstić information content (AvgIpc) is 2.17. The Morgan fingerprint density at radius 1 is 1.53 bits per heavy atom. The van der Waals surface area contributed by atoms with Gasteiger partial charge in [-0.05, 0) is 28.1 Å². The van der Waals surface area contributed by atoms with Crippen molar-refractivity contribution in [3.05, 3.63) is 28.5 Å². The molecule has 2 rings (SSSR count). The van der Waals surface area contributed by atoms with Gasteiger partial charge in [0.1, 0.15) is 11.6 Å². The maximum absolute atomic E-state index is 13.1. The van der Waals surface area contributed by atoms with Crippen molar-refractivity contribution in [3.8, 4) is 5.75 Å². The SMILES string of the molecule is CC1(COc2ccc(Br)c(F)c2)COC1. The highest BCUT2D eigenvalue weighted by molar-refractivity contribution is 9.10. The van der Waals surface area contributed by atoms with Crippen molar-refractivity contribution >= 4 is 15.9 Å². The van der Waals surface area contributed by atoms with Crippen LogP contribution < -0.4 is 4.74 Å². The molecule has 0 aromatic heterocycles. The second-order valence-corrected chi connectivity index (χ2v) is 5.02. The van der Waals surface area contributed by atoms with Crippen molar-refractivity contribution in [2.24, 2.45) is 5.41 Å². The minimum atomic E-state index is -0.303. The molecule has 0 unspecified atom stereocenters. The third-order valence-corrected chi connectivity index (χ3v) is 3.02. The third-order valence-electron chi connectivity index (χ3n) is 2.38. The van der Waals surface area contributed by atoms with Crippen LogP contribution in [0.5, 0.6) is 5.75 Å². The Labute approximate surface area is 96.5 Å². The van der Waals surface area contributed by atoms with Crippen LogP contribution in [0.1, 0.15) is 6.92 Å². The van der Waals surface area contributed by atoms with Gasteiger partial charge in [0, 0.05) is 11.5 Å². The topological polar surface area (TPSA) is 18.5 Å². The Morgan fingerprint density at radius 3 is 2.80 bits per heavy atom. The fourth-order valence-corrected chi connectivity index (χ4v) is 1.60. The minimum Gasteiger partial charge on any atom is -0.493 e. The predicted octanol–water partition coefficient (Wildman–Crippen LogP) is 3.00. The molecular formula is C11H12BrFO2. The molecule has 0 N–H and O–H groups in total. The van der Waals surface area contributed by atoms with Gasteiger partial charge in [-0.25, -0.2) is 4.39 Å². The Morgan fingerprint density at radius 2 is 2.27 bits per heavy atom. The van der Waals surface area contributed by atoms with Crippen LogP contribution in [0.4, 0.5) is 4.39 Å². The van der Waals surface area contributed by atoms with Gasteiger partial charge in [0.05, 0.1) is 24.3 Å². The minimum absolute atomic E-state index is 0.0869. The molecule has 1 aliphatic rings. The second-order valence-electron chi connectivity index (χ2n) is 4.17. The number of rotatable bonds is 3. The Bertz CT molecular complexity index is 364. The van der Waals surface area contributed by atoms with Crippen LogP contribution in [0.3, 0.4) is 0 Å². The fourth-order valence-electron chi connectivity index (χ4n) is 1.36. The molecule has 0 bridgehead atoms. The van der Waals surface area contributed by atoms with Crippen LogP contribution in [-0.4, -0.2) is 19.8 Å². The van der Waals surface area contributed by atoms with Crippen molar-refractivity contribution in [1.29, 1.82) is 0 Å². The van der Waals surface area contributed by atoms with Crippen molar-refractivity contribution in [2.75, 3.05) is 19.8 Å². The van der Waals surface area contributed by atoms with E-state index in [1.165, 1.54) is 6.07 Å². The van der Waals surface area contributed by atoms with E-state index < -0.39 is 0 Å². The molecule has 1 aromatic rings. The summed E-state index contributed by atoms with van der Waals surface area (Å²) >= 11 is 3.09. The molecule has 82 valence electrons. The molecule has 15 heavy (non-hydrogen) atoms. The summed E-state index contributed by atoms with van der Waals surface area (Å²) in [4.78, 5) is 0. The summed E-state index contributed by atoms with van der Waals surface area (Å²) in [5.74, 6) is 0.256. The first-order chi connectivity index (χ1) is 7.09. The zero-order valence-corrected chi connectivity index (χ0v) is 10.0. The van der Waals surface area contributed by atoms with Crippen molar-refractivity contribution in [1.82, 2.24) is 0 Å². The molecule has 2 nitrogen and oxygen atoms in total. The number of hydrogen-bond acceptors (Lipinski definition) is 2. The molecule has 1 aliphatic heterocycles. The van der Waals surface area contributed by atoms with E-state index in [1.54, 1.807) is 12.1 Å². The van der Waals surface area contributed by atoms with Crippen LogP contribution in [0.15, 0.2) is 22.7 Å². The third kappa shape index (κ3) is 2.49. The van der Waals surface area contributed by atoms with E-state index in [-0.39, 0.29) is 11.2 Å². The van der Waals surface area contributed by atoms with Gasteiger partial charge in [-0.15, -0.1) is 0 Å². The van der Waals surface area contributed by atoms with E-state index in [2.05, 4.69) is 22.9 Å². The lowest BCUT2D eigenvalue weighted by Crippen LogP contribution is -2.44. The van der Waals surface area contributed by atoms with E-state index in [4.69, 9.17) is 9.47 Å². The van der Waals surface area contributed by atoms with Gasteiger partial charge in [-0.2, -0.15) is 0 Å². The first-order valence-electron chi connectivity index (χ1n) is 4.75. The largest absolute Gasteiger partial charge is 0.493 e. The van der Waals surface area contributed by atoms with Crippen LogP contribution in [0.25, 0.3) is 0 Å². The first kappa shape index (κ1) is 10.9. The molecule has 0 amide bonds. The van der Waals surface area contributed by atoms with Crippen LogP contribution in [0, 0.1) is 11.2 Å². The van der Waals surface area contributed by atoms with Gasteiger partial charge in [0.15, 0.2) is 0 Å². The monoisotopic (exact) mass is 274 g/mol. The summed E-state index contributed by atoms with van der Waals surface area (Å²) in [5, 5.41) is 0. The zero-order chi connectivity index (χ0) is 10.9. The van der Waals surface area contributed by atoms with Crippen molar-refractivity contribution in [2.45, 2.75) is 6.92 Å². The molecular weight excluding hydrogens is 263 g/mol. The molecule has 0 radical (unpaired) electrons. The number of halogens is 2. The fraction of sp³-hybridized carbons (Fsp3) is 0.455. The van der Waals surface area contributed by atoms with Gasteiger partial charge < -0.3 is 9.47 Å². The standard InChI is InChI=1S/C11H12BrFO2/c1-11(5-14-6-11)7-15-8-2-3-9(12)10(13)4-8/h2-4H,5-7H2,1H3. The summed E-state index contributed by atoms with van der Waals surface area (Å²) in [5.41, 5.74) is 0.0869. The van der Waals surface area contributed by atoms with E-state index in [0.29, 0.717) is 30.0 Å². The van der Waals surface area contributed by atoms with E-state index in [9.17, 15) is 4.39 Å². The van der Waals surface area contributed by atoms with E-state index >= 15 is 0 Å². The lowest BCUT2D eigenvalue weighted by atomic mass is 9.90. The highest BCUT2D eigenvalue weighted by atomic mass is 79.9. The summed E-state index contributed by atoms with van der Waals surface area (Å²) in [6.07, 6.45) is 0. The van der Waals surface area contributed by atoms with Gasteiger partial charge >= 0.3 is 0 Å². The maximum atomic E-state index is 13.1. The molecule has 4 heteroatoms. The Kier molecular flexibility index (Phi) is 2.98. The Hall–Kier alpha value is -0.610. The summed E-state index contributed by atoms with van der Waals surface area (Å²) in [7, 11) is 0. The molecule has 1 aromatic carbocycles. The van der Waals surface area contributed by atoms with E-state index in [1.807, 2.05) is 0 Å². The first-order valence-corrected chi connectivity index (χ1v) is 5.54. The van der Waals surface area contributed by atoms with Crippen molar-refractivity contribution < 1.29 is 13.9 Å². The summed E-state index contributed by atoms with van der Waals surface area (Å²) < 4.78 is 24.2.